The number of aromatic nitrogens is 2. The molecule has 5 heteroatoms. The van der Waals surface area contributed by atoms with Gasteiger partial charge in [-0.3, -0.25) is 0 Å². The van der Waals surface area contributed by atoms with Crippen molar-refractivity contribution in [2.24, 2.45) is 0 Å². The number of anilines is 1. The predicted octanol–water partition coefficient (Wildman–Crippen LogP) is 3.59. The SMILES string of the molecule is Cc1cc2nc(N3CCN(C)CC3)n(Cc3ccc(F)cc3)c2cc1C. The van der Waals surface area contributed by atoms with Crippen molar-refractivity contribution >= 4 is 17.0 Å². The zero-order chi connectivity index (χ0) is 18.3. The second-order valence-electron chi connectivity index (χ2n) is 7.34. The van der Waals surface area contributed by atoms with Crippen LogP contribution in [0.25, 0.3) is 11.0 Å². The Morgan fingerprint density at radius 2 is 1.62 bits per heavy atom. The molecule has 0 bridgehead atoms. The fourth-order valence-electron chi connectivity index (χ4n) is 3.54. The van der Waals surface area contributed by atoms with Gasteiger partial charge in [-0.15, -0.1) is 0 Å². The summed E-state index contributed by atoms with van der Waals surface area (Å²) < 4.78 is 15.6. The quantitative estimate of drug-likeness (QED) is 0.720. The van der Waals surface area contributed by atoms with E-state index in [0.29, 0.717) is 6.54 Å². The Morgan fingerprint density at radius 1 is 0.962 bits per heavy atom. The molecule has 0 aliphatic carbocycles. The van der Waals surface area contributed by atoms with Gasteiger partial charge in [0.1, 0.15) is 5.82 Å². The molecule has 3 aromatic rings. The topological polar surface area (TPSA) is 24.3 Å². The average Bonchev–Trinajstić information content (AvgIpc) is 2.95. The summed E-state index contributed by atoms with van der Waals surface area (Å²) in [6, 6.07) is 11.2. The molecule has 0 amide bonds. The summed E-state index contributed by atoms with van der Waals surface area (Å²) in [6.07, 6.45) is 0. The highest BCUT2D eigenvalue weighted by atomic mass is 19.1. The van der Waals surface area contributed by atoms with Gasteiger partial charge in [-0.1, -0.05) is 12.1 Å². The molecule has 1 aliphatic rings. The Bertz CT molecular complexity index is 921. The van der Waals surface area contributed by atoms with Crippen LogP contribution in [-0.2, 0) is 6.54 Å². The molecule has 136 valence electrons. The van der Waals surface area contributed by atoms with E-state index in [-0.39, 0.29) is 5.82 Å². The largest absolute Gasteiger partial charge is 0.340 e. The number of halogens is 1. The Hall–Kier alpha value is -2.40. The molecule has 0 unspecified atom stereocenters. The Balaban J connectivity index is 1.79. The predicted molar refractivity (Wildman–Crippen MR) is 104 cm³/mol. The van der Waals surface area contributed by atoms with E-state index in [2.05, 4.69) is 47.4 Å². The van der Waals surface area contributed by atoms with Gasteiger partial charge in [0, 0.05) is 26.2 Å². The van der Waals surface area contributed by atoms with Gasteiger partial charge in [0.15, 0.2) is 0 Å². The van der Waals surface area contributed by atoms with Crippen molar-refractivity contribution in [3.05, 3.63) is 58.9 Å². The first-order valence-electron chi connectivity index (χ1n) is 9.16. The molecule has 0 spiro atoms. The van der Waals surface area contributed by atoms with Crippen LogP contribution in [0.1, 0.15) is 16.7 Å². The molecule has 0 N–H and O–H groups in total. The number of piperazine rings is 1. The third-order valence-electron chi connectivity index (χ3n) is 5.38. The van der Waals surface area contributed by atoms with Gasteiger partial charge in [0.05, 0.1) is 17.6 Å². The fourth-order valence-corrected chi connectivity index (χ4v) is 3.54. The van der Waals surface area contributed by atoms with E-state index in [1.165, 1.54) is 23.3 Å². The van der Waals surface area contributed by atoms with Crippen LogP contribution >= 0.6 is 0 Å². The summed E-state index contributed by atoms with van der Waals surface area (Å²) in [5.74, 6) is 0.817. The second kappa shape index (κ2) is 6.72. The molecule has 2 heterocycles. The number of fused-ring (bicyclic) bond motifs is 1. The summed E-state index contributed by atoms with van der Waals surface area (Å²) in [6.45, 7) is 8.99. The Labute approximate surface area is 153 Å². The van der Waals surface area contributed by atoms with Crippen molar-refractivity contribution < 1.29 is 4.39 Å². The van der Waals surface area contributed by atoms with Crippen LogP contribution in [0.3, 0.4) is 0 Å². The zero-order valence-corrected chi connectivity index (χ0v) is 15.7. The number of rotatable bonds is 3. The first-order valence-corrected chi connectivity index (χ1v) is 9.16. The number of hydrogen-bond acceptors (Lipinski definition) is 3. The third-order valence-corrected chi connectivity index (χ3v) is 5.38. The zero-order valence-electron chi connectivity index (χ0n) is 15.7. The van der Waals surface area contributed by atoms with E-state index in [1.54, 1.807) is 0 Å². The molecule has 1 saturated heterocycles. The van der Waals surface area contributed by atoms with Gasteiger partial charge in [0.25, 0.3) is 0 Å². The summed E-state index contributed by atoms with van der Waals surface area (Å²) >= 11 is 0. The normalized spacial score (nSPS) is 15.8. The number of nitrogens with zero attached hydrogens (tertiary/aromatic N) is 4. The molecule has 4 rings (SSSR count). The molecule has 0 atom stereocenters. The summed E-state index contributed by atoms with van der Waals surface area (Å²) in [5.41, 5.74) is 5.78. The Kier molecular flexibility index (Phi) is 4.41. The average molecular weight is 352 g/mol. The molecule has 4 nitrogen and oxygen atoms in total. The summed E-state index contributed by atoms with van der Waals surface area (Å²) in [5, 5.41) is 0. The van der Waals surface area contributed by atoms with Crippen molar-refractivity contribution in [2.75, 3.05) is 38.1 Å². The summed E-state index contributed by atoms with van der Waals surface area (Å²) in [7, 11) is 2.16. The third kappa shape index (κ3) is 3.19. The van der Waals surface area contributed by atoms with Gasteiger partial charge in [-0.25, -0.2) is 9.37 Å². The van der Waals surface area contributed by atoms with Gasteiger partial charge in [-0.05, 0) is 61.9 Å². The van der Waals surface area contributed by atoms with Crippen LogP contribution in [0.4, 0.5) is 10.3 Å². The Morgan fingerprint density at radius 3 is 2.31 bits per heavy atom. The highest BCUT2D eigenvalue weighted by Crippen LogP contribution is 2.27. The fraction of sp³-hybridized carbons (Fsp3) is 0.381. The van der Waals surface area contributed by atoms with Crippen LogP contribution in [0.2, 0.25) is 0 Å². The van der Waals surface area contributed by atoms with Crippen LogP contribution in [-0.4, -0.2) is 47.7 Å². The molecular formula is C21H25FN4. The summed E-state index contributed by atoms with van der Waals surface area (Å²) in [4.78, 5) is 9.69. The number of imidazole rings is 1. The minimum absolute atomic E-state index is 0.199. The van der Waals surface area contributed by atoms with E-state index < -0.39 is 0 Å². The molecule has 0 saturated carbocycles. The number of likely N-dealkylation sites (N-methyl/N-ethyl adjacent to an activating group) is 1. The van der Waals surface area contributed by atoms with E-state index in [0.717, 1.165) is 48.7 Å². The molecular weight excluding hydrogens is 327 g/mol. The molecule has 1 aliphatic heterocycles. The highest BCUT2D eigenvalue weighted by Gasteiger charge is 2.21. The molecule has 2 aromatic carbocycles. The van der Waals surface area contributed by atoms with Gasteiger partial charge < -0.3 is 14.4 Å². The maximum absolute atomic E-state index is 13.3. The van der Waals surface area contributed by atoms with Crippen LogP contribution in [0, 0.1) is 19.7 Å². The first-order chi connectivity index (χ1) is 12.5. The molecule has 1 aromatic heterocycles. The number of aryl methyl sites for hydroxylation is 2. The van der Waals surface area contributed by atoms with Gasteiger partial charge in [-0.2, -0.15) is 0 Å². The lowest BCUT2D eigenvalue weighted by atomic mass is 10.1. The van der Waals surface area contributed by atoms with E-state index in [1.807, 2.05) is 12.1 Å². The number of benzene rings is 2. The van der Waals surface area contributed by atoms with Crippen molar-refractivity contribution in [3.8, 4) is 0 Å². The van der Waals surface area contributed by atoms with E-state index >= 15 is 0 Å². The standard InChI is InChI=1S/C21H25FN4/c1-15-12-19-20(13-16(15)2)26(14-17-4-6-18(22)7-5-17)21(23-19)25-10-8-24(3)9-11-25/h4-7,12-13H,8-11,14H2,1-3H3. The van der Waals surface area contributed by atoms with E-state index in [9.17, 15) is 4.39 Å². The van der Waals surface area contributed by atoms with Crippen molar-refractivity contribution in [3.63, 3.8) is 0 Å². The minimum Gasteiger partial charge on any atom is -0.340 e. The van der Waals surface area contributed by atoms with Crippen LogP contribution in [0.15, 0.2) is 36.4 Å². The van der Waals surface area contributed by atoms with Crippen LogP contribution in [0.5, 0.6) is 0 Å². The van der Waals surface area contributed by atoms with Gasteiger partial charge >= 0.3 is 0 Å². The first kappa shape index (κ1) is 17.0. The van der Waals surface area contributed by atoms with Crippen LogP contribution < -0.4 is 4.90 Å². The number of hydrogen-bond donors (Lipinski definition) is 0. The molecule has 0 radical (unpaired) electrons. The lowest BCUT2D eigenvalue weighted by molar-refractivity contribution is 0.310. The molecule has 26 heavy (non-hydrogen) atoms. The van der Waals surface area contributed by atoms with Crippen molar-refractivity contribution in [1.82, 2.24) is 14.5 Å². The molecule has 1 fully saturated rings. The highest BCUT2D eigenvalue weighted by molar-refractivity contribution is 5.81. The lowest BCUT2D eigenvalue weighted by Gasteiger charge is -2.33. The van der Waals surface area contributed by atoms with Crippen molar-refractivity contribution in [2.45, 2.75) is 20.4 Å². The smallest absolute Gasteiger partial charge is 0.206 e. The monoisotopic (exact) mass is 352 g/mol. The lowest BCUT2D eigenvalue weighted by Crippen LogP contribution is -2.45. The maximum Gasteiger partial charge on any atom is 0.206 e. The minimum atomic E-state index is -0.199. The van der Waals surface area contributed by atoms with Crippen molar-refractivity contribution in [1.29, 1.82) is 0 Å². The van der Waals surface area contributed by atoms with E-state index in [4.69, 9.17) is 4.98 Å². The second-order valence-corrected chi connectivity index (χ2v) is 7.34. The maximum atomic E-state index is 13.3. The van der Waals surface area contributed by atoms with Gasteiger partial charge in [0.2, 0.25) is 5.95 Å².